The number of hydrogen-bond donors (Lipinski definition) is 0. The number of fused-ring (bicyclic) bond motifs is 10. The fraction of sp³-hybridized carbons (Fsp3) is 0.0370. The highest BCUT2D eigenvalue weighted by molar-refractivity contribution is 7.02. The zero-order chi connectivity index (χ0) is 59.6. The predicted octanol–water partition coefficient (Wildman–Crippen LogP) is 17.5. The van der Waals surface area contributed by atoms with E-state index >= 15 is 0 Å². The molecule has 18 rings (SSSR count). The highest BCUT2D eigenvalue weighted by Gasteiger charge is 2.48. The van der Waals surface area contributed by atoms with Gasteiger partial charge in [0, 0.05) is 92.2 Å². The molecule has 5 aliphatic heterocycles. The molecule has 0 spiro atoms. The van der Waals surface area contributed by atoms with Gasteiger partial charge < -0.3 is 34.0 Å². The lowest BCUT2D eigenvalue weighted by Crippen LogP contribution is -2.63. The quantitative estimate of drug-likeness (QED) is 0.133. The Morgan fingerprint density at radius 2 is 0.656 bits per heavy atom. The van der Waals surface area contributed by atoms with E-state index in [1.54, 1.807) is 0 Å². The maximum absolute atomic E-state index is 7.71. The van der Waals surface area contributed by atoms with Crippen LogP contribution in [0.3, 0.4) is 0 Å². The maximum Gasteiger partial charge on any atom is 0.256 e. The van der Waals surface area contributed by atoms with Gasteiger partial charge in [-0.3, -0.25) is 0 Å². The van der Waals surface area contributed by atoms with Gasteiger partial charge in [-0.05, 0) is 153 Å². The van der Waals surface area contributed by atoms with Crippen LogP contribution < -0.4 is 66.8 Å². The van der Waals surface area contributed by atoms with Crippen molar-refractivity contribution in [2.75, 3.05) is 24.5 Å². The summed E-state index contributed by atoms with van der Waals surface area (Å²) in [5.74, 6) is 3.24. The Morgan fingerprint density at radius 1 is 0.267 bits per heavy atom. The first kappa shape index (κ1) is 51.8. The molecule has 0 saturated carbocycles. The first-order valence-electron chi connectivity index (χ1n) is 31.1. The van der Waals surface area contributed by atoms with E-state index in [1.165, 1.54) is 22.1 Å². The Balaban J connectivity index is 0.898. The Bertz CT molecular complexity index is 4850. The number of para-hydroxylation sites is 9. The van der Waals surface area contributed by atoms with Gasteiger partial charge in [-0.25, -0.2) is 0 Å². The van der Waals surface area contributed by atoms with Gasteiger partial charge >= 0.3 is 0 Å². The SMILES string of the molecule is CC1(C)c2ccccc2N(c2ccc3c(c2)Oc2cc(N(c4ccccc4)c4ccccc4)cc4c2B3c2cc3c(cc2N4c2ccccc2)Oc2cc(N(c4ccccc4)c4ccccc4)cc4c2B3c2ccccc2N4c2ccccc2)c2ccccc21. The van der Waals surface area contributed by atoms with Crippen molar-refractivity contribution >= 4 is 132 Å². The molecule has 5 heterocycles. The summed E-state index contributed by atoms with van der Waals surface area (Å²) in [5, 5.41) is 0. The lowest BCUT2D eigenvalue weighted by Gasteiger charge is -2.44. The van der Waals surface area contributed by atoms with E-state index in [2.05, 4.69) is 348 Å². The van der Waals surface area contributed by atoms with Gasteiger partial charge in [0.1, 0.15) is 23.0 Å². The first-order valence-corrected chi connectivity index (χ1v) is 31.1. The van der Waals surface area contributed by atoms with E-state index in [9.17, 15) is 0 Å². The topological polar surface area (TPSA) is 34.7 Å². The molecule has 0 aromatic heterocycles. The van der Waals surface area contributed by atoms with Crippen molar-refractivity contribution < 1.29 is 9.47 Å². The zero-order valence-electron chi connectivity index (χ0n) is 49.7. The normalized spacial score (nSPS) is 13.8. The Morgan fingerprint density at radius 3 is 1.14 bits per heavy atom. The molecule has 13 aromatic carbocycles. The van der Waals surface area contributed by atoms with Crippen molar-refractivity contribution in [3.8, 4) is 23.0 Å². The van der Waals surface area contributed by atoms with Gasteiger partial charge in [-0.1, -0.05) is 190 Å². The average Bonchev–Trinajstić information content (AvgIpc) is 0.705. The van der Waals surface area contributed by atoms with Gasteiger partial charge in [0.05, 0.1) is 22.7 Å². The first-order chi connectivity index (χ1) is 44.4. The molecule has 0 bridgehead atoms. The zero-order valence-corrected chi connectivity index (χ0v) is 49.7. The van der Waals surface area contributed by atoms with Crippen molar-refractivity contribution in [2.45, 2.75) is 19.3 Å². The molecule has 0 radical (unpaired) electrons. The predicted molar refractivity (Wildman–Crippen MR) is 374 cm³/mol. The van der Waals surface area contributed by atoms with Crippen molar-refractivity contribution in [1.29, 1.82) is 0 Å². The molecule has 9 heteroatoms. The average molecular weight is 1150 g/mol. The van der Waals surface area contributed by atoms with Crippen LogP contribution >= 0.6 is 0 Å². The van der Waals surface area contributed by atoms with Crippen LogP contribution in [0, 0.1) is 0 Å². The van der Waals surface area contributed by atoms with Gasteiger partial charge in [-0.2, -0.15) is 0 Å². The van der Waals surface area contributed by atoms with E-state index < -0.39 is 0 Å². The molecular weight excluding hydrogens is 1100 g/mol. The molecule has 5 aliphatic rings. The Labute approximate surface area is 525 Å². The van der Waals surface area contributed by atoms with E-state index in [4.69, 9.17) is 9.47 Å². The van der Waals surface area contributed by atoms with E-state index in [0.717, 1.165) is 130 Å². The van der Waals surface area contributed by atoms with Gasteiger partial charge in [-0.15, -0.1) is 0 Å². The molecule has 90 heavy (non-hydrogen) atoms. The van der Waals surface area contributed by atoms with Crippen LogP contribution in [-0.4, -0.2) is 13.4 Å². The number of benzene rings is 13. The van der Waals surface area contributed by atoms with Crippen molar-refractivity contribution in [2.24, 2.45) is 0 Å². The smallest absolute Gasteiger partial charge is 0.256 e. The molecule has 0 atom stereocenters. The summed E-state index contributed by atoms with van der Waals surface area (Å²) >= 11 is 0. The number of ether oxygens (including phenoxy) is 2. The Kier molecular flexibility index (Phi) is 11.7. The van der Waals surface area contributed by atoms with E-state index in [0.29, 0.717) is 0 Å². The van der Waals surface area contributed by atoms with Crippen molar-refractivity contribution in [1.82, 2.24) is 0 Å². The largest absolute Gasteiger partial charge is 0.458 e. The molecule has 0 fully saturated rings. The number of anilines is 15. The summed E-state index contributed by atoms with van der Waals surface area (Å²) in [7, 11) is 0. The standard InChI is InChI=1S/C81H57B2N5O2/c1-81(2)63-39-21-24-42-69(63)88(70-43-25-22-40-64(70)81)60-45-46-66-75(49-60)89-78-51-62(85(56-31-13-5-14-32-56)57-33-15-6-16-34-57)48-74-80(78)83(66)67-52-68-76(53-72(67)87(74)59-37-19-8-20-38-59)90-77-50-61(84(54-27-9-3-10-28-54)55-29-11-4-12-30-55)47-73-79(77)82(68)65-41-23-26-44-71(65)86(73)58-35-17-7-18-36-58/h3-53H,1-2H3. The second kappa shape index (κ2) is 20.3. The van der Waals surface area contributed by atoms with Gasteiger partial charge in [0.15, 0.2) is 0 Å². The summed E-state index contributed by atoms with van der Waals surface area (Å²) in [6.07, 6.45) is 0. The summed E-state index contributed by atoms with van der Waals surface area (Å²) < 4.78 is 15.4. The van der Waals surface area contributed by atoms with Gasteiger partial charge in [0.2, 0.25) is 0 Å². The van der Waals surface area contributed by atoms with Crippen LogP contribution in [0.25, 0.3) is 0 Å². The molecule has 13 aromatic rings. The van der Waals surface area contributed by atoms with Gasteiger partial charge in [0.25, 0.3) is 13.4 Å². The lowest BCUT2D eigenvalue weighted by molar-refractivity contribution is 0.487. The minimum Gasteiger partial charge on any atom is -0.458 e. The highest BCUT2D eigenvalue weighted by Crippen LogP contribution is 2.54. The van der Waals surface area contributed by atoms with Crippen molar-refractivity contribution in [3.63, 3.8) is 0 Å². The number of rotatable bonds is 9. The third-order valence-electron chi connectivity index (χ3n) is 19.0. The van der Waals surface area contributed by atoms with Crippen LogP contribution in [0.4, 0.5) is 85.3 Å². The third kappa shape index (κ3) is 7.95. The molecule has 424 valence electrons. The van der Waals surface area contributed by atoms with Crippen LogP contribution in [0.15, 0.2) is 309 Å². The molecular formula is C81H57B2N5O2. The second-order valence-corrected chi connectivity index (χ2v) is 24.4. The fourth-order valence-corrected chi connectivity index (χ4v) is 15.2. The molecule has 0 amide bonds. The molecule has 0 unspecified atom stereocenters. The molecule has 0 N–H and O–H groups in total. The third-order valence-corrected chi connectivity index (χ3v) is 19.0. The van der Waals surface area contributed by atoms with Crippen LogP contribution in [0.5, 0.6) is 23.0 Å². The summed E-state index contributed by atoms with van der Waals surface area (Å²) in [6, 6.07) is 112. The molecule has 0 aliphatic carbocycles. The maximum atomic E-state index is 7.71. The van der Waals surface area contributed by atoms with Crippen LogP contribution in [0.2, 0.25) is 0 Å². The lowest BCUT2D eigenvalue weighted by atomic mass is 9.31. The summed E-state index contributed by atoms with van der Waals surface area (Å²) in [5.41, 5.74) is 25.0. The summed E-state index contributed by atoms with van der Waals surface area (Å²) in [6.45, 7) is 4.24. The highest BCUT2D eigenvalue weighted by atomic mass is 16.5. The van der Waals surface area contributed by atoms with E-state index in [-0.39, 0.29) is 18.8 Å². The monoisotopic (exact) mass is 1150 g/mol. The number of hydrogen-bond acceptors (Lipinski definition) is 7. The minimum atomic E-state index is -0.253. The van der Waals surface area contributed by atoms with E-state index in [1.807, 2.05) is 0 Å². The van der Waals surface area contributed by atoms with Crippen LogP contribution in [0.1, 0.15) is 25.0 Å². The fourth-order valence-electron chi connectivity index (χ4n) is 15.2. The van der Waals surface area contributed by atoms with Crippen molar-refractivity contribution in [3.05, 3.63) is 321 Å². The molecule has 0 saturated heterocycles. The van der Waals surface area contributed by atoms with Crippen LogP contribution in [-0.2, 0) is 5.41 Å². The summed E-state index contributed by atoms with van der Waals surface area (Å²) in [4.78, 5) is 12.0. The molecule has 7 nitrogen and oxygen atoms in total. The minimum absolute atomic E-state index is 0.194. The number of nitrogens with zero attached hydrogens (tertiary/aromatic N) is 5. The second-order valence-electron chi connectivity index (χ2n) is 24.4. The Hall–Kier alpha value is -11.4.